The van der Waals surface area contributed by atoms with Crippen molar-refractivity contribution in [2.45, 2.75) is 6.54 Å². The van der Waals surface area contributed by atoms with E-state index in [-0.39, 0.29) is 25.0 Å². The van der Waals surface area contributed by atoms with Crippen LogP contribution in [0.4, 0.5) is 10.5 Å². The number of fused-ring (bicyclic) bond motifs is 1. The third kappa shape index (κ3) is 3.62. The van der Waals surface area contributed by atoms with E-state index >= 15 is 0 Å². The number of ether oxygens (including phenoxy) is 1. The van der Waals surface area contributed by atoms with Gasteiger partial charge < -0.3 is 19.4 Å². The molecule has 1 N–H and O–H groups in total. The van der Waals surface area contributed by atoms with E-state index in [2.05, 4.69) is 10.3 Å². The van der Waals surface area contributed by atoms with E-state index in [0.29, 0.717) is 24.6 Å². The molecular formula is C20H20N4O4. The van der Waals surface area contributed by atoms with Crippen LogP contribution >= 0.6 is 0 Å². The molecule has 0 bridgehead atoms. The van der Waals surface area contributed by atoms with E-state index in [1.807, 2.05) is 36.4 Å². The molecule has 3 amide bonds. The maximum Gasteiger partial charge on any atom is 0.325 e. The van der Waals surface area contributed by atoms with Crippen LogP contribution in [0.2, 0.25) is 0 Å². The summed E-state index contributed by atoms with van der Waals surface area (Å²) in [6.45, 7) is 1.19. The molecule has 0 saturated carbocycles. The molecule has 4 rings (SSSR count). The Morgan fingerprint density at radius 3 is 2.71 bits per heavy atom. The normalized spacial score (nSPS) is 14.0. The number of para-hydroxylation sites is 2. The Morgan fingerprint density at radius 2 is 1.96 bits per heavy atom. The summed E-state index contributed by atoms with van der Waals surface area (Å²) >= 11 is 0. The number of benzene rings is 2. The van der Waals surface area contributed by atoms with E-state index in [1.165, 1.54) is 4.90 Å². The van der Waals surface area contributed by atoms with Gasteiger partial charge in [-0.1, -0.05) is 12.1 Å². The summed E-state index contributed by atoms with van der Waals surface area (Å²) in [6.07, 6.45) is 0. The molecule has 0 radical (unpaired) electrons. The van der Waals surface area contributed by atoms with Gasteiger partial charge in [0, 0.05) is 18.8 Å². The third-order valence-electron chi connectivity index (χ3n) is 4.59. The zero-order chi connectivity index (χ0) is 19.5. The molecule has 1 aliphatic heterocycles. The van der Waals surface area contributed by atoms with Gasteiger partial charge in [-0.15, -0.1) is 0 Å². The van der Waals surface area contributed by atoms with Crippen molar-refractivity contribution in [3.8, 4) is 5.75 Å². The molecule has 0 aliphatic carbocycles. The highest BCUT2D eigenvalue weighted by Crippen LogP contribution is 2.23. The summed E-state index contributed by atoms with van der Waals surface area (Å²) in [5.74, 6) is 0.903. The molecule has 8 heteroatoms. The fraction of sp³-hybridized carbons (Fsp3) is 0.250. The smallest absolute Gasteiger partial charge is 0.325 e. The number of carbonyl (C=O) groups is 2. The van der Waals surface area contributed by atoms with Crippen LogP contribution in [0.25, 0.3) is 11.1 Å². The average Bonchev–Trinajstić information content (AvgIpc) is 3.30. The standard InChI is InChI=1S/C20H20N4O4/c1-27-15-8-6-14(7-9-15)24-11-10-23(20(24)26)13-18(25)21-12-19-22-16-4-2-3-5-17(16)28-19/h2-9H,10-13H2,1H3,(H,21,25). The highest BCUT2D eigenvalue weighted by molar-refractivity contribution is 5.96. The zero-order valence-corrected chi connectivity index (χ0v) is 15.4. The average molecular weight is 380 g/mol. The van der Waals surface area contributed by atoms with Crippen LogP contribution in [0.1, 0.15) is 5.89 Å². The summed E-state index contributed by atoms with van der Waals surface area (Å²) in [7, 11) is 1.59. The molecule has 2 heterocycles. The number of aromatic nitrogens is 1. The molecule has 3 aromatic rings. The molecule has 1 saturated heterocycles. The lowest BCUT2D eigenvalue weighted by Gasteiger charge is -2.18. The highest BCUT2D eigenvalue weighted by Gasteiger charge is 2.30. The predicted molar refractivity (Wildman–Crippen MR) is 103 cm³/mol. The highest BCUT2D eigenvalue weighted by atomic mass is 16.5. The minimum Gasteiger partial charge on any atom is -0.497 e. The topological polar surface area (TPSA) is 87.9 Å². The van der Waals surface area contributed by atoms with Gasteiger partial charge in [-0.2, -0.15) is 0 Å². The van der Waals surface area contributed by atoms with Crippen LogP contribution < -0.4 is 15.0 Å². The van der Waals surface area contributed by atoms with Crippen LogP contribution in [0, 0.1) is 0 Å². The van der Waals surface area contributed by atoms with E-state index in [1.54, 1.807) is 24.1 Å². The van der Waals surface area contributed by atoms with Gasteiger partial charge in [0.2, 0.25) is 11.8 Å². The summed E-state index contributed by atoms with van der Waals surface area (Å²) < 4.78 is 10.7. The van der Waals surface area contributed by atoms with Gasteiger partial charge >= 0.3 is 6.03 Å². The van der Waals surface area contributed by atoms with Crippen LogP contribution in [0.15, 0.2) is 52.9 Å². The van der Waals surface area contributed by atoms with Gasteiger partial charge in [0.1, 0.15) is 17.8 Å². The van der Waals surface area contributed by atoms with E-state index < -0.39 is 0 Å². The number of methoxy groups -OCH3 is 1. The van der Waals surface area contributed by atoms with Crippen molar-refractivity contribution in [1.29, 1.82) is 0 Å². The van der Waals surface area contributed by atoms with Crippen LogP contribution in [-0.2, 0) is 11.3 Å². The fourth-order valence-electron chi connectivity index (χ4n) is 3.13. The lowest BCUT2D eigenvalue weighted by molar-refractivity contribution is -0.121. The van der Waals surface area contributed by atoms with Crippen LogP contribution in [0.3, 0.4) is 0 Å². The Bertz CT molecular complexity index is 966. The number of rotatable bonds is 6. The number of urea groups is 1. The first-order chi connectivity index (χ1) is 13.6. The van der Waals surface area contributed by atoms with Gasteiger partial charge in [0.25, 0.3) is 0 Å². The van der Waals surface area contributed by atoms with Gasteiger partial charge in [-0.25, -0.2) is 9.78 Å². The quantitative estimate of drug-likeness (QED) is 0.709. The number of anilines is 1. The van der Waals surface area contributed by atoms with Crippen molar-refractivity contribution in [3.05, 3.63) is 54.4 Å². The molecule has 8 nitrogen and oxygen atoms in total. The monoisotopic (exact) mass is 380 g/mol. The number of nitrogens with zero attached hydrogens (tertiary/aromatic N) is 3. The largest absolute Gasteiger partial charge is 0.497 e. The number of amides is 3. The van der Waals surface area contributed by atoms with Gasteiger partial charge in [-0.3, -0.25) is 9.69 Å². The SMILES string of the molecule is COc1ccc(N2CCN(CC(=O)NCc3nc4ccccc4o3)C2=O)cc1. The fourth-order valence-corrected chi connectivity index (χ4v) is 3.13. The van der Waals surface area contributed by atoms with Crippen molar-refractivity contribution >= 4 is 28.7 Å². The first-order valence-corrected chi connectivity index (χ1v) is 8.95. The number of hydrogen-bond acceptors (Lipinski definition) is 5. The molecule has 1 fully saturated rings. The van der Waals surface area contributed by atoms with Crippen LogP contribution in [0.5, 0.6) is 5.75 Å². The summed E-state index contributed by atoms with van der Waals surface area (Å²) in [6, 6.07) is 14.5. The Balaban J connectivity index is 1.32. The second-order valence-corrected chi connectivity index (χ2v) is 6.41. The number of hydrogen-bond donors (Lipinski definition) is 1. The van der Waals surface area contributed by atoms with Gasteiger partial charge in [-0.05, 0) is 36.4 Å². The van der Waals surface area contributed by atoms with E-state index in [0.717, 1.165) is 17.0 Å². The zero-order valence-electron chi connectivity index (χ0n) is 15.4. The first kappa shape index (κ1) is 17.8. The van der Waals surface area contributed by atoms with Crippen molar-refractivity contribution in [3.63, 3.8) is 0 Å². The molecule has 0 spiro atoms. The third-order valence-corrected chi connectivity index (χ3v) is 4.59. The molecule has 1 aliphatic rings. The number of oxazole rings is 1. The maximum atomic E-state index is 12.6. The van der Waals surface area contributed by atoms with E-state index in [9.17, 15) is 9.59 Å². The summed E-state index contributed by atoms with van der Waals surface area (Å²) in [4.78, 5) is 32.3. The molecule has 1 aromatic heterocycles. The molecule has 2 aromatic carbocycles. The predicted octanol–water partition coefficient (Wildman–Crippen LogP) is 2.39. The summed E-state index contributed by atoms with van der Waals surface area (Å²) in [5, 5.41) is 2.75. The first-order valence-electron chi connectivity index (χ1n) is 8.95. The lowest BCUT2D eigenvalue weighted by atomic mass is 10.3. The van der Waals surface area contributed by atoms with Crippen molar-refractivity contribution in [2.75, 3.05) is 31.6 Å². The molecule has 0 atom stereocenters. The van der Waals surface area contributed by atoms with Gasteiger partial charge in [0.15, 0.2) is 5.58 Å². The second-order valence-electron chi connectivity index (χ2n) is 6.41. The molecule has 0 unspecified atom stereocenters. The number of carbonyl (C=O) groups excluding carboxylic acids is 2. The molecular weight excluding hydrogens is 360 g/mol. The Morgan fingerprint density at radius 1 is 1.18 bits per heavy atom. The Labute approximate surface area is 161 Å². The maximum absolute atomic E-state index is 12.6. The molecule has 144 valence electrons. The Hall–Kier alpha value is -3.55. The van der Waals surface area contributed by atoms with E-state index in [4.69, 9.17) is 9.15 Å². The van der Waals surface area contributed by atoms with Gasteiger partial charge in [0.05, 0.1) is 13.7 Å². The Kier molecular flexibility index (Phi) is 4.84. The van der Waals surface area contributed by atoms with Crippen LogP contribution in [-0.4, -0.2) is 48.6 Å². The lowest BCUT2D eigenvalue weighted by Crippen LogP contribution is -2.39. The van der Waals surface area contributed by atoms with Crippen molar-refractivity contribution < 1.29 is 18.7 Å². The summed E-state index contributed by atoms with van der Waals surface area (Å²) in [5.41, 5.74) is 2.20. The minimum absolute atomic E-state index is 0.00822. The van der Waals surface area contributed by atoms with Crippen molar-refractivity contribution in [2.24, 2.45) is 0 Å². The minimum atomic E-state index is -0.257. The molecule has 28 heavy (non-hydrogen) atoms. The van der Waals surface area contributed by atoms with Crippen molar-refractivity contribution in [1.82, 2.24) is 15.2 Å². The number of nitrogens with one attached hydrogen (secondary N) is 1. The second kappa shape index (κ2) is 7.59.